The van der Waals surface area contributed by atoms with E-state index in [1.807, 2.05) is 12.1 Å². The van der Waals surface area contributed by atoms with Crippen LogP contribution < -0.4 is 10.1 Å². The van der Waals surface area contributed by atoms with Crippen LogP contribution in [0.5, 0.6) is 5.75 Å². The van der Waals surface area contributed by atoms with Crippen LogP contribution in [0.15, 0.2) is 18.3 Å². The SMILES string of the molecule is CC(C)CNCc1ccc(OC2CCOC2=O)cn1. The highest BCUT2D eigenvalue weighted by atomic mass is 16.6. The molecule has 1 unspecified atom stereocenters. The van der Waals surface area contributed by atoms with Gasteiger partial charge in [-0.1, -0.05) is 13.8 Å². The van der Waals surface area contributed by atoms with Crippen molar-refractivity contribution >= 4 is 5.97 Å². The molecule has 1 aromatic rings. The third-order valence-corrected chi connectivity index (χ3v) is 2.82. The molecule has 1 atom stereocenters. The molecule has 1 aliphatic heterocycles. The summed E-state index contributed by atoms with van der Waals surface area (Å²) in [5, 5.41) is 3.32. The maximum atomic E-state index is 11.3. The van der Waals surface area contributed by atoms with Crippen LogP contribution in [0.4, 0.5) is 0 Å². The van der Waals surface area contributed by atoms with Crippen molar-refractivity contribution in [3.63, 3.8) is 0 Å². The van der Waals surface area contributed by atoms with Gasteiger partial charge < -0.3 is 14.8 Å². The highest BCUT2D eigenvalue weighted by molar-refractivity contribution is 5.76. The van der Waals surface area contributed by atoms with E-state index in [2.05, 4.69) is 24.1 Å². The van der Waals surface area contributed by atoms with Gasteiger partial charge in [-0.25, -0.2) is 4.79 Å². The number of rotatable bonds is 6. The first-order valence-electron chi connectivity index (χ1n) is 6.64. The van der Waals surface area contributed by atoms with Crippen LogP contribution >= 0.6 is 0 Å². The summed E-state index contributed by atoms with van der Waals surface area (Å²) >= 11 is 0. The Kier molecular flexibility index (Phi) is 4.74. The van der Waals surface area contributed by atoms with Crippen LogP contribution in [0, 0.1) is 5.92 Å². The van der Waals surface area contributed by atoms with Gasteiger partial charge >= 0.3 is 5.97 Å². The van der Waals surface area contributed by atoms with E-state index in [1.165, 1.54) is 0 Å². The minimum Gasteiger partial charge on any atom is -0.477 e. The highest BCUT2D eigenvalue weighted by Gasteiger charge is 2.28. The monoisotopic (exact) mass is 264 g/mol. The predicted octanol–water partition coefficient (Wildman–Crippen LogP) is 1.52. The molecule has 0 amide bonds. The van der Waals surface area contributed by atoms with Gasteiger partial charge in [-0.2, -0.15) is 0 Å². The fraction of sp³-hybridized carbons (Fsp3) is 0.571. The number of nitrogens with one attached hydrogen (secondary N) is 1. The van der Waals surface area contributed by atoms with Crippen molar-refractivity contribution in [3.05, 3.63) is 24.0 Å². The number of carbonyl (C=O) groups is 1. The molecule has 5 heteroatoms. The first-order valence-corrected chi connectivity index (χ1v) is 6.64. The Morgan fingerprint density at radius 1 is 1.53 bits per heavy atom. The van der Waals surface area contributed by atoms with Crippen LogP contribution in [0.2, 0.25) is 0 Å². The number of aromatic nitrogens is 1. The summed E-state index contributed by atoms with van der Waals surface area (Å²) in [6, 6.07) is 3.74. The maximum absolute atomic E-state index is 11.3. The molecule has 5 nitrogen and oxygen atoms in total. The molecule has 0 aliphatic carbocycles. The molecule has 0 saturated carbocycles. The maximum Gasteiger partial charge on any atom is 0.347 e. The molecular weight excluding hydrogens is 244 g/mol. The molecule has 1 saturated heterocycles. The lowest BCUT2D eigenvalue weighted by Gasteiger charge is -2.10. The number of hydrogen-bond donors (Lipinski definition) is 1. The fourth-order valence-corrected chi connectivity index (χ4v) is 1.82. The van der Waals surface area contributed by atoms with Crippen LogP contribution in [0.1, 0.15) is 26.0 Å². The molecule has 1 aromatic heterocycles. The lowest BCUT2D eigenvalue weighted by atomic mass is 10.2. The van der Waals surface area contributed by atoms with E-state index in [9.17, 15) is 4.79 Å². The van der Waals surface area contributed by atoms with Crippen molar-refractivity contribution in [3.8, 4) is 5.75 Å². The largest absolute Gasteiger partial charge is 0.477 e. The van der Waals surface area contributed by atoms with E-state index in [0.717, 1.165) is 18.8 Å². The Hall–Kier alpha value is -1.62. The molecule has 0 aromatic carbocycles. The minimum absolute atomic E-state index is 0.289. The molecule has 1 fully saturated rings. The second-order valence-electron chi connectivity index (χ2n) is 5.07. The number of hydrogen-bond acceptors (Lipinski definition) is 5. The molecule has 2 rings (SSSR count). The Balaban J connectivity index is 1.82. The van der Waals surface area contributed by atoms with Gasteiger partial charge in [-0.15, -0.1) is 0 Å². The molecule has 0 spiro atoms. The van der Waals surface area contributed by atoms with Gasteiger partial charge in [-0.05, 0) is 24.6 Å². The first kappa shape index (κ1) is 13.8. The topological polar surface area (TPSA) is 60.5 Å². The van der Waals surface area contributed by atoms with Crippen molar-refractivity contribution in [2.24, 2.45) is 5.92 Å². The highest BCUT2D eigenvalue weighted by Crippen LogP contribution is 2.16. The standard InChI is InChI=1S/C14H20N2O3/c1-10(2)7-15-8-11-3-4-12(9-16-11)19-13-5-6-18-14(13)17/h3-4,9-10,13,15H,5-8H2,1-2H3. The quantitative estimate of drug-likeness (QED) is 0.789. The van der Waals surface area contributed by atoms with E-state index < -0.39 is 6.10 Å². The van der Waals surface area contributed by atoms with E-state index in [1.54, 1.807) is 6.20 Å². The zero-order valence-electron chi connectivity index (χ0n) is 11.4. The average molecular weight is 264 g/mol. The smallest absolute Gasteiger partial charge is 0.347 e. The van der Waals surface area contributed by atoms with Crippen molar-refractivity contribution in [2.45, 2.75) is 32.9 Å². The average Bonchev–Trinajstić information content (AvgIpc) is 2.77. The van der Waals surface area contributed by atoms with Gasteiger partial charge in [0, 0.05) is 13.0 Å². The lowest BCUT2D eigenvalue weighted by Crippen LogP contribution is -2.22. The molecule has 0 radical (unpaired) electrons. The molecule has 104 valence electrons. The van der Waals surface area contributed by atoms with Gasteiger partial charge in [0.1, 0.15) is 5.75 Å². The van der Waals surface area contributed by atoms with Gasteiger partial charge in [0.25, 0.3) is 0 Å². The van der Waals surface area contributed by atoms with Crippen molar-refractivity contribution in [2.75, 3.05) is 13.2 Å². The summed E-state index contributed by atoms with van der Waals surface area (Å²) in [5.74, 6) is 0.940. The molecule has 19 heavy (non-hydrogen) atoms. The fourth-order valence-electron chi connectivity index (χ4n) is 1.82. The Labute approximate surface area is 113 Å². The number of pyridine rings is 1. The van der Waals surface area contributed by atoms with Gasteiger partial charge in [0.2, 0.25) is 0 Å². The van der Waals surface area contributed by atoms with E-state index in [-0.39, 0.29) is 5.97 Å². The summed E-state index contributed by atoms with van der Waals surface area (Å²) in [6.07, 6.45) is 1.78. The molecule has 2 heterocycles. The molecule has 1 aliphatic rings. The summed E-state index contributed by atoms with van der Waals surface area (Å²) in [7, 11) is 0. The Morgan fingerprint density at radius 2 is 2.37 bits per heavy atom. The first-order chi connectivity index (χ1) is 9.15. The number of carbonyl (C=O) groups excluding carboxylic acids is 1. The Bertz CT molecular complexity index is 417. The zero-order chi connectivity index (χ0) is 13.7. The molecule has 1 N–H and O–H groups in total. The normalized spacial score (nSPS) is 18.7. The summed E-state index contributed by atoms with van der Waals surface area (Å²) in [5.41, 5.74) is 0.960. The van der Waals surface area contributed by atoms with Gasteiger partial charge in [0.15, 0.2) is 6.10 Å². The number of nitrogens with zero attached hydrogens (tertiary/aromatic N) is 1. The predicted molar refractivity (Wildman–Crippen MR) is 70.8 cm³/mol. The minimum atomic E-state index is -0.480. The van der Waals surface area contributed by atoms with Crippen LogP contribution in [0.25, 0.3) is 0 Å². The third kappa shape index (κ3) is 4.21. The number of ether oxygens (including phenoxy) is 2. The van der Waals surface area contributed by atoms with Crippen molar-refractivity contribution < 1.29 is 14.3 Å². The second-order valence-corrected chi connectivity index (χ2v) is 5.07. The van der Waals surface area contributed by atoms with Crippen molar-refractivity contribution in [1.82, 2.24) is 10.3 Å². The Morgan fingerprint density at radius 3 is 2.95 bits per heavy atom. The van der Waals surface area contributed by atoms with Gasteiger partial charge in [0.05, 0.1) is 18.5 Å². The molecular formula is C14H20N2O3. The van der Waals surface area contributed by atoms with Crippen molar-refractivity contribution in [1.29, 1.82) is 0 Å². The summed E-state index contributed by atoms with van der Waals surface area (Å²) in [6.45, 7) is 6.47. The lowest BCUT2D eigenvalue weighted by molar-refractivity contribution is -0.143. The number of esters is 1. The van der Waals surface area contributed by atoms with Crippen LogP contribution in [0.3, 0.4) is 0 Å². The van der Waals surface area contributed by atoms with E-state index in [0.29, 0.717) is 24.7 Å². The number of cyclic esters (lactones) is 1. The third-order valence-electron chi connectivity index (χ3n) is 2.82. The van der Waals surface area contributed by atoms with E-state index in [4.69, 9.17) is 9.47 Å². The second kappa shape index (κ2) is 6.52. The summed E-state index contributed by atoms with van der Waals surface area (Å²) in [4.78, 5) is 15.6. The molecule has 0 bridgehead atoms. The van der Waals surface area contributed by atoms with E-state index >= 15 is 0 Å². The van der Waals surface area contributed by atoms with Crippen LogP contribution in [-0.2, 0) is 16.1 Å². The summed E-state index contributed by atoms with van der Waals surface area (Å²) < 4.78 is 10.4. The van der Waals surface area contributed by atoms with Crippen LogP contribution in [-0.4, -0.2) is 30.2 Å². The zero-order valence-corrected chi connectivity index (χ0v) is 11.4. The van der Waals surface area contributed by atoms with Gasteiger partial charge in [-0.3, -0.25) is 4.98 Å².